The summed E-state index contributed by atoms with van der Waals surface area (Å²) in [6.07, 6.45) is 0. The maximum absolute atomic E-state index is 13.5. The van der Waals surface area contributed by atoms with Gasteiger partial charge >= 0.3 is 0 Å². The molecule has 0 fully saturated rings. The summed E-state index contributed by atoms with van der Waals surface area (Å²) in [7, 11) is 1.76. The highest BCUT2D eigenvalue weighted by atomic mass is 35.5. The van der Waals surface area contributed by atoms with Gasteiger partial charge in [0.1, 0.15) is 5.82 Å². The minimum Gasteiger partial charge on any atom is -0.335 e. The van der Waals surface area contributed by atoms with E-state index in [1.165, 1.54) is 12.1 Å². The lowest BCUT2D eigenvalue weighted by atomic mass is 10.0. The van der Waals surface area contributed by atoms with E-state index in [1.54, 1.807) is 43.1 Å². The first-order valence-electron chi connectivity index (χ1n) is 7.96. The summed E-state index contributed by atoms with van der Waals surface area (Å²) >= 11 is 5.93. The molecule has 0 N–H and O–H groups in total. The van der Waals surface area contributed by atoms with Gasteiger partial charge in [0.25, 0.3) is 5.91 Å². The molecule has 0 aliphatic heterocycles. The zero-order chi connectivity index (χ0) is 18.1. The van der Waals surface area contributed by atoms with Crippen molar-refractivity contribution in [2.75, 3.05) is 7.05 Å². The fraction of sp³-hybridized carbons (Fsp3) is 0.200. The first-order valence-corrected chi connectivity index (χ1v) is 8.34. The second-order valence-corrected chi connectivity index (χ2v) is 6.55. The lowest BCUT2D eigenvalue weighted by molar-refractivity contribution is 0.0744. The van der Waals surface area contributed by atoms with E-state index in [4.69, 9.17) is 11.6 Å². The third-order valence-corrected chi connectivity index (χ3v) is 4.64. The van der Waals surface area contributed by atoms with Crippen LogP contribution in [-0.2, 0) is 0 Å². The summed E-state index contributed by atoms with van der Waals surface area (Å²) in [6.45, 7) is 3.75. The number of pyridine rings is 1. The lowest BCUT2D eigenvalue weighted by Crippen LogP contribution is -2.30. The summed E-state index contributed by atoms with van der Waals surface area (Å²) in [5, 5.41) is 1.30. The molecule has 1 amide bonds. The van der Waals surface area contributed by atoms with Crippen molar-refractivity contribution in [3.05, 3.63) is 76.2 Å². The molecule has 25 heavy (non-hydrogen) atoms. The molecule has 0 aliphatic carbocycles. The number of fused-ring (bicyclic) bond motifs is 1. The number of hydrogen-bond acceptors (Lipinski definition) is 2. The van der Waals surface area contributed by atoms with Crippen LogP contribution in [0.1, 0.15) is 34.6 Å². The first kappa shape index (κ1) is 17.4. The van der Waals surface area contributed by atoms with Crippen molar-refractivity contribution in [3.8, 4) is 0 Å². The van der Waals surface area contributed by atoms with Crippen molar-refractivity contribution in [2.24, 2.45) is 0 Å². The largest absolute Gasteiger partial charge is 0.335 e. The van der Waals surface area contributed by atoms with Crippen LogP contribution in [0, 0.1) is 12.7 Å². The standard InChI is InChI=1S/C20H18ClFN2O/c1-12-10-18(17-9-8-16(22)11-19(17)23-12)20(25)24(3)13(2)14-4-6-15(21)7-5-14/h4-11,13H,1-3H3. The fourth-order valence-corrected chi connectivity index (χ4v) is 2.97. The Balaban J connectivity index is 1.99. The van der Waals surface area contributed by atoms with Gasteiger partial charge in [-0.25, -0.2) is 4.39 Å². The molecular formula is C20H18ClFN2O. The average Bonchev–Trinajstić information content (AvgIpc) is 2.59. The minimum atomic E-state index is -0.369. The Bertz CT molecular complexity index is 935. The quantitative estimate of drug-likeness (QED) is 0.648. The van der Waals surface area contributed by atoms with Crippen molar-refractivity contribution in [2.45, 2.75) is 19.9 Å². The van der Waals surface area contributed by atoms with Gasteiger partial charge in [0.15, 0.2) is 0 Å². The monoisotopic (exact) mass is 356 g/mol. The number of carbonyl (C=O) groups excluding carboxylic acids is 1. The van der Waals surface area contributed by atoms with Gasteiger partial charge in [-0.15, -0.1) is 0 Å². The van der Waals surface area contributed by atoms with Gasteiger partial charge in [0.2, 0.25) is 0 Å². The number of aromatic nitrogens is 1. The van der Waals surface area contributed by atoms with E-state index in [1.807, 2.05) is 19.1 Å². The summed E-state index contributed by atoms with van der Waals surface area (Å²) in [4.78, 5) is 19.0. The molecule has 0 saturated carbocycles. The topological polar surface area (TPSA) is 33.2 Å². The Morgan fingerprint density at radius 2 is 1.84 bits per heavy atom. The highest BCUT2D eigenvalue weighted by Crippen LogP contribution is 2.26. The van der Waals surface area contributed by atoms with E-state index >= 15 is 0 Å². The summed E-state index contributed by atoms with van der Waals surface area (Å²) in [5.41, 5.74) is 2.66. The third kappa shape index (κ3) is 3.49. The van der Waals surface area contributed by atoms with Gasteiger partial charge in [0, 0.05) is 29.2 Å². The van der Waals surface area contributed by atoms with Crippen molar-refractivity contribution in [1.82, 2.24) is 9.88 Å². The molecule has 0 spiro atoms. The van der Waals surface area contributed by atoms with Crippen molar-refractivity contribution < 1.29 is 9.18 Å². The zero-order valence-electron chi connectivity index (χ0n) is 14.3. The van der Waals surface area contributed by atoms with Crippen LogP contribution in [0.15, 0.2) is 48.5 Å². The Labute approximate surface area is 151 Å². The highest BCUT2D eigenvalue weighted by Gasteiger charge is 2.21. The maximum Gasteiger partial charge on any atom is 0.254 e. The minimum absolute atomic E-state index is 0.131. The molecule has 2 aromatic carbocycles. The van der Waals surface area contributed by atoms with Gasteiger partial charge in [-0.1, -0.05) is 23.7 Å². The van der Waals surface area contributed by atoms with Gasteiger partial charge < -0.3 is 4.90 Å². The van der Waals surface area contributed by atoms with E-state index in [0.717, 1.165) is 5.56 Å². The van der Waals surface area contributed by atoms with Gasteiger partial charge in [-0.2, -0.15) is 0 Å². The normalized spacial score (nSPS) is 12.2. The van der Waals surface area contributed by atoms with Crippen molar-refractivity contribution in [3.63, 3.8) is 0 Å². The third-order valence-electron chi connectivity index (χ3n) is 4.38. The molecule has 1 atom stereocenters. The molecule has 1 aromatic heterocycles. The van der Waals surface area contributed by atoms with Gasteiger partial charge in [-0.05, 0) is 49.7 Å². The van der Waals surface area contributed by atoms with Crippen LogP contribution in [0.4, 0.5) is 4.39 Å². The van der Waals surface area contributed by atoms with E-state index in [2.05, 4.69) is 4.98 Å². The first-order chi connectivity index (χ1) is 11.9. The molecule has 0 aliphatic rings. The lowest BCUT2D eigenvalue weighted by Gasteiger charge is -2.26. The molecule has 0 radical (unpaired) electrons. The van der Waals surface area contributed by atoms with Crippen LogP contribution in [0.25, 0.3) is 10.9 Å². The molecule has 3 rings (SSSR count). The average molecular weight is 357 g/mol. The molecule has 3 aromatic rings. The van der Waals surface area contributed by atoms with Crippen LogP contribution < -0.4 is 0 Å². The number of carbonyl (C=O) groups is 1. The molecule has 0 saturated heterocycles. The van der Waals surface area contributed by atoms with E-state index in [-0.39, 0.29) is 17.8 Å². The number of hydrogen-bond donors (Lipinski definition) is 0. The smallest absolute Gasteiger partial charge is 0.254 e. The molecule has 5 heteroatoms. The number of nitrogens with zero attached hydrogens (tertiary/aromatic N) is 2. The van der Waals surface area contributed by atoms with Crippen LogP contribution in [-0.4, -0.2) is 22.8 Å². The molecule has 1 unspecified atom stereocenters. The Kier molecular flexibility index (Phi) is 4.73. The van der Waals surface area contributed by atoms with Crippen molar-refractivity contribution >= 4 is 28.4 Å². The predicted octanol–water partition coefficient (Wildman–Crippen LogP) is 5.17. The van der Waals surface area contributed by atoms with Crippen LogP contribution in [0.3, 0.4) is 0 Å². The Morgan fingerprint density at radius 1 is 1.16 bits per heavy atom. The van der Waals surface area contributed by atoms with E-state index < -0.39 is 0 Å². The maximum atomic E-state index is 13.5. The van der Waals surface area contributed by atoms with E-state index in [9.17, 15) is 9.18 Å². The SMILES string of the molecule is Cc1cc(C(=O)N(C)C(C)c2ccc(Cl)cc2)c2ccc(F)cc2n1. The second-order valence-electron chi connectivity index (χ2n) is 6.12. The molecule has 128 valence electrons. The van der Waals surface area contributed by atoms with Crippen LogP contribution >= 0.6 is 11.6 Å². The molecular weight excluding hydrogens is 339 g/mol. The number of amides is 1. The summed E-state index contributed by atoms with van der Waals surface area (Å²) < 4.78 is 13.5. The van der Waals surface area contributed by atoms with Gasteiger partial charge in [0.05, 0.1) is 17.1 Å². The van der Waals surface area contributed by atoms with Crippen molar-refractivity contribution in [1.29, 1.82) is 0 Å². The van der Waals surface area contributed by atoms with E-state index in [0.29, 0.717) is 27.2 Å². The fourth-order valence-electron chi connectivity index (χ4n) is 2.84. The number of benzene rings is 2. The molecule has 0 bridgehead atoms. The molecule has 3 nitrogen and oxygen atoms in total. The number of halogens is 2. The zero-order valence-corrected chi connectivity index (χ0v) is 15.0. The predicted molar refractivity (Wildman–Crippen MR) is 98.4 cm³/mol. The van der Waals surface area contributed by atoms with Gasteiger partial charge in [-0.3, -0.25) is 9.78 Å². The second kappa shape index (κ2) is 6.81. The summed E-state index contributed by atoms with van der Waals surface area (Å²) in [6, 6.07) is 13.3. The van der Waals surface area contributed by atoms with Crippen LogP contribution in [0.2, 0.25) is 5.02 Å². The number of aryl methyl sites for hydroxylation is 1. The molecule has 1 heterocycles. The van der Waals surface area contributed by atoms with Crippen LogP contribution in [0.5, 0.6) is 0 Å². The Hall–Kier alpha value is -2.46. The highest BCUT2D eigenvalue weighted by molar-refractivity contribution is 6.30. The summed E-state index contributed by atoms with van der Waals surface area (Å²) in [5.74, 6) is -0.503. The Morgan fingerprint density at radius 3 is 2.52 bits per heavy atom. The number of rotatable bonds is 3.